The van der Waals surface area contributed by atoms with E-state index in [9.17, 15) is 8.78 Å². The van der Waals surface area contributed by atoms with Crippen LogP contribution < -0.4 is 0 Å². The van der Waals surface area contributed by atoms with Crippen molar-refractivity contribution in [1.82, 2.24) is 0 Å². The van der Waals surface area contributed by atoms with Crippen LogP contribution in [0.2, 0.25) is 0 Å². The maximum absolute atomic E-state index is 13.1. The van der Waals surface area contributed by atoms with Crippen molar-refractivity contribution in [3.63, 3.8) is 0 Å². The lowest BCUT2D eigenvalue weighted by atomic mass is 10.2. The second-order valence-corrected chi connectivity index (χ2v) is 3.24. The van der Waals surface area contributed by atoms with E-state index in [0.717, 1.165) is 12.1 Å². The third-order valence-corrected chi connectivity index (χ3v) is 2.01. The Labute approximate surface area is 88.5 Å². The monoisotopic (exact) mass is 255 g/mol. The minimum Gasteiger partial charge on any atom is -0.206 e. The van der Waals surface area contributed by atoms with Gasteiger partial charge in [0, 0.05) is 0 Å². The summed E-state index contributed by atoms with van der Waals surface area (Å²) in [4.78, 5) is 0. The van der Waals surface area contributed by atoms with E-state index in [1.165, 1.54) is 0 Å². The molecule has 0 saturated heterocycles. The van der Waals surface area contributed by atoms with Gasteiger partial charge in [-0.3, -0.25) is 0 Å². The summed E-state index contributed by atoms with van der Waals surface area (Å²) in [5.74, 6) is 3.60. The molecule has 0 atom stereocenters. The lowest BCUT2D eigenvalue weighted by Gasteiger charge is -1.97. The summed E-state index contributed by atoms with van der Waals surface area (Å²) in [6, 6.07) is 3.78. The van der Waals surface area contributed by atoms with Crippen LogP contribution in [0.25, 0.3) is 0 Å². The Morgan fingerprint density at radius 3 is 2.64 bits per heavy atom. The van der Waals surface area contributed by atoms with Gasteiger partial charge in [-0.25, -0.2) is 8.78 Å². The number of hydrogen-bond acceptors (Lipinski definition) is 1. The molecule has 0 aliphatic rings. The van der Waals surface area contributed by atoms with Gasteiger partial charge in [0.15, 0.2) is 0 Å². The Balaban J connectivity index is 3.07. The number of nitrogens with zero attached hydrogens (tertiary/aromatic N) is 1. The van der Waals surface area contributed by atoms with Crippen molar-refractivity contribution < 1.29 is 8.78 Å². The SMILES string of the molecule is N#CCC#Cc1cc(F)c(Br)cc1F. The molecule has 0 spiro atoms. The zero-order valence-corrected chi connectivity index (χ0v) is 8.53. The van der Waals surface area contributed by atoms with Crippen molar-refractivity contribution >= 4 is 15.9 Å². The fourth-order valence-electron chi connectivity index (χ4n) is 0.797. The Morgan fingerprint density at radius 1 is 1.29 bits per heavy atom. The van der Waals surface area contributed by atoms with E-state index in [-0.39, 0.29) is 16.5 Å². The van der Waals surface area contributed by atoms with Crippen molar-refractivity contribution in [2.75, 3.05) is 0 Å². The third-order valence-electron chi connectivity index (χ3n) is 1.40. The van der Waals surface area contributed by atoms with Gasteiger partial charge >= 0.3 is 0 Å². The number of hydrogen-bond donors (Lipinski definition) is 0. The summed E-state index contributed by atoms with van der Waals surface area (Å²) in [6.45, 7) is 0. The predicted octanol–water partition coefficient (Wildman–Crippen LogP) is 2.99. The fourth-order valence-corrected chi connectivity index (χ4v) is 1.11. The second kappa shape index (κ2) is 4.74. The first-order valence-corrected chi connectivity index (χ1v) is 4.45. The topological polar surface area (TPSA) is 23.8 Å². The Hall–Kier alpha value is -1.39. The molecule has 1 rings (SSSR count). The van der Waals surface area contributed by atoms with Gasteiger partial charge in [-0.15, -0.1) is 0 Å². The molecule has 0 saturated carbocycles. The maximum Gasteiger partial charge on any atom is 0.140 e. The van der Waals surface area contributed by atoms with Gasteiger partial charge in [-0.2, -0.15) is 5.26 Å². The lowest BCUT2D eigenvalue weighted by Crippen LogP contribution is -1.87. The Kier molecular flexibility index (Phi) is 3.62. The van der Waals surface area contributed by atoms with E-state index in [4.69, 9.17) is 5.26 Å². The molecule has 4 heteroatoms. The van der Waals surface area contributed by atoms with Crippen molar-refractivity contribution in [3.8, 4) is 17.9 Å². The van der Waals surface area contributed by atoms with Crippen LogP contribution in [0.15, 0.2) is 16.6 Å². The summed E-state index contributed by atoms with van der Waals surface area (Å²) < 4.78 is 26.1. The fraction of sp³-hybridized carbons (Fsp3) is 0.100. The van der Waals surface area contributed by atoms with Crippen LogP contribution >= 0.6 is 15.9 Å². The molecule has 0 heterocycles. The third kappa shape index (κ3) is 2.55. The summed E-state index contributed by atoms with van der Waals surface area (Å²) in [5, 5.41) is 8.18. The normalized spacial score (nSPS) is 8.71. The summed E-state index contributed by atoms with van der Waals surface area (Å²) >= 11 is 2.85. The van der Waals surface area contributed by atoms with Crippen molar-refractivity contribution in [2.45, 2.75) is 6.42 Å². The van der Waals surface area contributed by atoms with E-state index in [2.05, 4.69) is 27.8 Å². The summed E-state index contributed by atoms with van der Waals surface area (Å²) in [5.41, 5.74) is -0.0408. The molecule has 70 valence electrons. The molecule has 0 aromatic heterocycles. The minimum absolute atomic E-state index is 0.00285. The molecule has 0 N–H and O–H groups in total. The molecule has 1 aromatic rings. The van der Waals surface area contributed by atoms with Gasteiger partial charge in [0.1, 0.15) is 11.6 Å². The number of benzene rings is 1. The molecule has 0 aliphatic carbocycles. The first-order valence-electron chi connectivity index (χ1n) is 3.65. The quantitative estimate of drug-likeness (QED) is 0.517. The van der Waals surface area contributed by atoms with Gasteiger partial charge in [0.05, 0.1) is 22.5 Å². The average molecular weight is 256 g/mol. The molecule has 0 unspecified atom stereocenters. The minimum atomic E-state index is -0.608. The zero-order valence-electron chi connectivity index (χ0n) is 6.94. The van der Waals surface area contributed by atoms with Crippen LogP contribution in [0, 0.1) is 34.8 Å². The second-order valence-electron chi connectivity index (χ2n) is 2.38. The standard InChI is InChI=1S/C10H4BrF2N/c11-8-6-9(12)7(5-10(8)13)3-1-2-4-14/h5-6H,2H2. The first-order chi connectivity index (χ1) is 6.65. The molecular weight excluding hydrogens is 252 g/mol. The van der Waals surface area contributed by atoms with Gasteiger partial charge in [0.25, 0.3) is 0 Å². The Morgan fingerprint density at radius 2 is 2.00 bits per heavy atom. The molecule has 1 aromatic carbocycles. The largest absolute Gasteiger partial charge is 0.206 e. The molecule has 0 radical (unpaired) electrons. The summed E-state index contributed by atoms with van der Waals surface area (Å²) in [6.07, 6.45) is -0.00285. The average Bonchev–Trinajstić information content (AvgIpc) is 2.14. The smallest absolute Gasteiger partial charge is 0.140 e. The van der Waals surface area contributed by atoms with Crippen LogP contribution in [0.4, 0.5) is 8.78 Å². The van der Waals surface area contributed by atoms with Gasteiger partial charge in [0.2, 0.25) is 0 Å². The highest BCUT2D eigenvalue weighted by Gasteiger charge is 2.05. The first kappa shape index (κ1) is 10.7. The lowest BCUT2D eigenvalue weighted by molar-refractivity contribution is 0.591. The van der Waals surface area contributed by atoms with E-state index < -0.39 is 11.6 Å². The van der Waals surface area contributed by atoms with Crippen LogP contribution in [0.5, 0.6) is 0 Å². The molecule has 0 fully saturated rings. The van der Waals surface area contributed by atoms with E-state index >= 15 is 0 Å². The molecule has 0 bridgehead atoms. The highest BCUT2D eigenvalue weighted by Crippen LogP contribution is 2.19. The Bertz CT molecular complexity index is 452. The highest BCUT2D eigenvalue weighted by molar-refractivity contribution is 9.10. The predicted molar refractivity (Wildman–Crippen MR) is 51.2 cm³/mol. The van der Waals surface area contributed by atoms with Gasteiger partial charge in [-0.05, 0) is 28.1 Å². The number of halogens is 3. The van der Waals surface area contributed by atoms with Crippen LogP contribution in [-0.2, 0) is 0 Å². The number of rotatable bonds is 0. The molecule has 0 amide bonds. The molecule has 1 nitrogen and oxygen atoms in total. The molecule has 14 heavy (non-hydrogen) atoms. The molecular formula is C10H4BrF2N. The van der Waals surface area contributed by atoms with Crippen LogP contribution in [0.3, 0.4) is 0 Å². The van der Waals surface area contributed by atoms with Crippen LogP contribution in [0.1, 0.15) is 12.0 Å². The van der Waals surface area contributed by atoms with Crippen molar-refractivity contribution in [1.29, 1.82) is 5.26 Å². The van der Waals surface area contributed by atoms with Gasteiger partial charge < -0.3 is 0 Å². The molecule has 0 aliphatic heterocycles. The number of nitriles is 1. The van der Waals surface area contributed by atoms with E-state index in [1.807, 2.05) is 0 Å². The summed E-state index contributed by atoms with van der Waals surface area (Å²) in [7, 11) is 0. The van der Waals surface area contributed by atoms with Gasteiger partial charge in [-0.1, -0.05) is 11.8 Å². The zero-order chi connectivity index (χ0) is 10.6. The van der Waals surface area contributed by atoms with E-state index in [1.54, 1.807) is 6.07 Å². The highest BCUT2D eigenvalue weighted by atomic mass is 79.9. The van der Waals surface area contributed by atoms with E-state index in [0.29, 0.717) is 0 Å². The van der Waals surface area contributed by atoms with Crippen LogP contribution in [-0.4, -0.2) is 0 Å². The van der Waals surface area contributed by atoms with Crippen molar-refractivity contribution in [3.05, 3.63) is 33.8 Å². The maximum atomic E-state index is 13.1. The van der Waals surface area contributed by atoms with Crippen molar-refractivity contribution in [2.24, 2.45) is 0 Å².